The summed E-state index contributed by atoms with van der Waals surface area (Å²) in [6, 6.07) is 5.29. The van der Waals surface area contributed by atoms with Crippen molar-refractivity contribution in [3.8, 4) is 0 Å². The van der Waals surface area contributed by atoms with Gasteiger partial charge in [-0.3, -0.25) is 4.79 Å². The van der Waals surface area contributed by atoms with Gasteiger partial charge in [-0.05, 0) is 31.0 Å². The molecule has 4 heteroatoms. The Morgan fingerprint density at radius 1 is 1.50 bits per heavy atom. The maximum absolute atomic E-state index is 11.8. The Morgan fingerprint density at radius 2 is 2.28 bits per heavy atom. The molecule has 0 aromatic heterocycles. The maximum atomic E-state index is 11.8. The first-order valence-corrected chi connectivity index (χ1v) is 5.98. The van der Waals surface area contributed by atoms with Gasteiger partial charge in [-0.25, -0.2) is 0 Å². The monoisotopic (exact) mass is 248 g/mol. The molecule has 1 amide bonds. The number of ether oxygens (including phenoxy) is 1. The number of amides is 1. The van der Waals surface area contributed by atoms with Crippen LogP contribution in [0.1, 0.15) is 22.3 Å². The number of carbonyl (C=O) groups excluding carboxylic acids is 1. The fourth-order valence-corrected chi connectivity index (χ4v) is 1.39. The molecular formula is C14H20N2O2. The van der Waals surface area contributed by atoms with Crippen molar-refractivity contribution in [2.45, 2.75) is 13.3 Å². The van der Waals surface area contributed by atoms with E-state index in [9.17, 15) is 4.79 Å². The number of carbonyl (C=O) groups is 1. The van der Waals surface area contributed by atoms with Crippen LogP contribution in [-0.2, 0) is 4.74 Å². The van der Waals surface area contributed by atoms with E-state index in [-0.39, 0.29) is 5.91 Å². The molecule has 0 saturated heterocycles. The average Bonchev–Trinajstić information content (AvgIpc) is 2.36. The molecule has 1 aromatic carbocycles. The third-order valence-electron chi connectivity index (χ3n) is 2.54. The van der Waals surface area contributed by atoms with E-state index in [1.807, 2.05) is 13.0 Å². The second kappa shape index (κ2) is 7.50. The molecule has 1 aromatic rings. The first-order valence-electron chi connectivity index (χ1n) is 5.98. The van der Waals surface area contributed by atoms with Crippen LogP contribution >= 0.6 is 0 Å². The van der Waals surface area contributed by atoms with Crippen LogP contribution in [0.3, 0.4) is 0 Å². The van der Waals surface area contributed by atoms with Gasteiger partial charge in [-0.15, -0.1) is 6.58 Å². The fourth-order valence-electron chi connectivity index (χ4n) is 1.39. The SMILES string of the molecule is C=CCCOCCNC(=O)c1ccc(C)c(N)c1. The molecule has 0 aliphatic carbocycles. The Hall–Kier alpha value is -1.81. The zero-order valence-electron chi connectivity index (χ0n) is 10.7. The summed E-state index contributed by atoms with van der Waals surface area (Å²) in [5, 5.41) is 2.78. The van der Waals surface area contributed by atoms with Crippen LogP contribution in [0, 0.1) is 6.92 Å². The first kappa shape index (κ1) is 14.3. The lowest BCUT2D eigenvalue weighted by atomic mass is 10.1. The zero-order chi connectivity index (χ0) is 13.4. The van der Waals surface area contributed by atoms with Crippen LogP contribution < -0.4 is 11.1 Å². The average molecular weight is 248 g/mol. The predicted octanol–water partition coefficient (Wildman–Crippen LogP) is 1.90. The molecule has 0 fully saturated rings. The number of aryl methyl sites for hydroxylation is 1. The van der Waals surface area contributed by atoms with Gasteiger partial charge >= 0.3 is 0 Å². The topological polar surface area (TPSA) is 64.3 Å². The van der Waals surface area contributed by atoms with Crippen molar-refractivity contribution in [2.24, 2.45) is 0 Å². The van der Waals surface area contributed by atoms with Crippen LogP contribution in [-0.4, -0.2) is 25.7 Å². The molecular weight excluding hydrogens is 228 g/mol. The van der Waals surface area contributed by atoms with Crippen LogP contribution in [0.15, 0.2) is 30.9 Å². The van der Waals surface area contributed by atoms with Crippen LogP contribution in [0.2, 0.25) is 0 Å². The minimum Gasteiger partial charge on any atom is -0.398 e. The molecule has 0 atom stereocenters. The number of rotatable bonds is 7. The van der Waals surface area contributed by atoms with Gasteiger partial charge in [-0.1, -0.05) is 12.1 Å². The summed E-state index contributed by atoms with van der Waals surface area (Å²) in [5.74, 6) is -0.131. The van der Waals surface area contributed by atoms with Crippen molar-refractivity contribution < 1.29 is 9.53 Å². The Labute approximate surface area is 108 Å². The number of nitrogens with two attached hydrogens (primary N) is 1. The van der Waals surface area contributed by atoms with Gasteiger partial charge in [0.15, 0.2) is 0 Å². The number of benzene rings is 1. The largest absolute Gasteiger partial charge is 0.398 e. The van der Waals surface area contributed by atoms with Gasteiger partial charge in [0.2, 0.25) is 0 Å². The van der Waals surface area contributed by atoms with Crippen molar-refractivity contribution >= 4 is 11.6 Å². The maximum Gasteiger partial charge on any atom is 0.251 e. The van der Waals surface area contributed by atoms with E-state index in [0.717, 1.165) is 12.0 Å². The van der Waals surface area contributed by atoms with Crippen molar-refractivity contribution in [3.63, 3.8) is 0 Å². The highest BCUT2D eigenvalue weighted by Crippen LogP contribution is 2.12. The van der Waals surface area contributed by atoms with Crippen molar-refractivity contribution in [1.29, 1.82) is 0 Å². The Morgan fingerprint density at radius 3 is 2.94 bits per heavy atom. The molecule has 0 heterocycles. The van der Waals surface area contributed by atoms with Crippen LogP contribution in [0.4, 0.5) is 5.69 Å². The number of nitrogens with one attached hydrogen (secondary N) is 1. The summed E-state index contributed by atoms with van der Waals surface area (Å²) in [5.41, 5.74) is 7.93. The highest BCUT2D eigenvalue weighted by atomic mass is 16.5. The van der Waals surface area contributed by atoms with Crippen molar-refractivity contribution in [3.05, 3.63) is 42.0 Å². The van der Waals surface area contributed by atoms with Gasteiger partial charge < -0.3 is 15.8 Å². The molecule has 0 radical (unpaired) electrons. The quantitative estimate of drug-likeness (QED) is 0.440. The predicted molar refractivity (Wildman–Crippen MR) is 73.6 cm³/mol. The molecule has 0 unspecified atom stereocenters. The van der Waals surface area contributed by atoms with Gasteiger partial charge in [0.1, 0.15) is 0 Å². The molecule has 1 rings (SSSR count). The minimum atomic E-state index is -0.131. The van der Waals surface area contributed by atoms with Gasteiger partial charge in [0.05, 0.1) is 13.2 Å². The third kappa shape index (κ3) is 4.59. The van der Waals surface area contributed by atoms with E-state index in [0.29, 0.717) is 31.0 Å². The lowest BCUT2D eigenvalue weighted by Crippen LogP contribution is -2.27. The highest BCUT2D eigenvalue weighted by Gasteiger charge is 2.05. The third-order valence-corrected chi connectivity index (χ3v) is 2.54. The van der Waals surface area contributed by atoms with E-state index in [4.69, 9.17) is 10.5 Å². The normalized spacial score (nSPS) is 10.1. The summed E-state index contributed by atoms with van der Waals surface area (Å²) in [7, 11) is 0. The van der Waals surface area contributed by atoms with Crippen molar-refractivity contribution in [1.82, 2.24) is 5.32 Å². The summed E-state index contributed by atoms with van der Waals surface area (Å²) < 4.78 is 5.29. The number of hydrogen-bond acceptors (Lipinski definition) is 3. The molecule has 3 N–H and O–H groups in total. The van der Waals surface area contributed by atoms with Crippen LogP contribution in [0.25, 0.3) is 0 Å². The zero-order valence-corrected chi connectivity index (χ0v) is 10.7. The molecule has 0 saturated carbocycles. The van der Waals surface area contributed by atoms with E-state index in [1.54, 1.807) is 18.2 Å². The second-order valence-corrected chi connectivity index (χ2v) is 4.02. The fraction of sp³-hybridized carbons (Fsp3) is 0.357. The van der Waals surface area contributed by atoms with Gasteiger partial charge in [-0.2, -0.15) is 0 Å². The Kier molecular flexibility index (Phi) is 5.94. The van der Waals surface area contributed by atoms with Gasteiger partial charge in [0.25, 0.3) is 5.91 Å². The van der Waals surface area contributed by atoms with Gasteiger partial charge in [0, 0.05) is 17.8 Å². The highest BCUT2D eigenvalue weighted by molar-refractivity contribution is 5.95. The summed E-state index contributed by atoms with van der Waals surface area (Å²) in [6.45, 7) is 7.13. The lowest BCUT2D eigenvalue weighted by Gasteiger charge is -2.07. The summed E-state index contributed by atoms with van der Waals surface area (Å²) >= 11 is 0. The van der Waals surface area contributed by atoms with E-state index in [1.165, 1.54) is 0 Å². The molecule has 18 heavy (non-hydrogen) atoms. The number of hydrogen-bond donors (Lipinski definition) is 2. The molecule has 98 valence electrons. The summed E-state index contributed by atoms with van der Waals surface area (Å²) in [4.78, 5) is 11.8. The minimum absolute atomic E-state index is 0.131. The molecule has 0 bridgehead atoms. The molecule has 0 aliphatic rings. The van der Waals surface area contributed by atoms with E-state index in [2.05, 4.69) is 11.9 Å². The Bertz CT molecular complexity index is 416. The smallest absolute Gasteiger partial charge is 0.251 e. The van der Waals surface area contributed by atoms with E-state index >= 15 is 0 Å². The lowest BCUT2D eigenvalue weighted by molar-refractivity contribution is 0.0918. The molecule has 4 nitrogen and oxygen atoms in total. The number of nitrogen functional groups attached to an aromatic ring is 1. The van der Waals surface area contributed by atoms with E-state index < -0.39 is 0 Å². The van der Waals surface area contributed by atoms with Crippen LogP contribution in [0.5, 0.6) is 0 Å². The molecule has 0 spiro atoms. The standard InChI is InChI=1S/C14H20N2O2/c1-3-4-8-18-9-7-16-14(17)12-6-5-11(2)13(15)10-12/h3,5-6,10H,1,4,7-9,15H2,2H3,(H,16,17). The summed E-state index contributed by atoms with van der Waals surface area (Å²) in [6.07, 6.45) is 2.62. The first-order chi connectivity index (χ1) is 8.65. The van der Waals surface area contributed by atoms with Crippen molar-refractivity contribution in [2.75, 3.05) is 25.5 Å². The second-order valence-electron chi connectivity index (χ2n) is 4.02. The Balaban J connectivity index is 2.32. The molecule has 0 aliphatic heterocycles. The number of anilines is 1.